The first-order valence-corrected chi connectivity index (χ1v) is 18.7. The summed E-state index contributed by atoms with van der Waals surface area (Å²) in [5.74, 6) is 5.31. The van der Waals surface area contributed by atoms with Crippen LogP contribution >= 0.6 is 0 Å². The normalized spacial score (nSPS) is 22.3. The second-order valence-corrected chi connectivity index (χ2v) is 16.3. The Morgan fingerprint density at radius 1 is 0.585 bits per heavy atom. The molecule has 0 bridgehead atoms. The molecule has 1 saturated heterocycles. The number of rotatable bonds is 27. The van der Waals surface area contributed by atoms with Crippen LogP contribution in [0.15, 0.2) is 11.6 Å². The first-order chi connectivity index (χ1) is 19.4. The molecule has 1 aliphatic rings. The van der Waals surface area contributed by atoms with Crippen LogP contribution in [-0.2, 0) is 4.74 Å². The van der Waals surface area contributed by atoms with Crippen LogP contribution in [0.4, 0.5) is 0 Å². The van der Waals surface area contributed by atoms with Gasteiger partial charge in [0.15, 0.2) is 0 Å². The smallest absolute Gasteiger partial charge is 0.0920 e. The zero-order valence-electron chi connectivity index (χ0n) is 30.2. The molecule has 0 saturated carbocycles. The molecular weight excluding hydrogens is 496 g/mol. The van der Waals surface area contributed by atoms with Gasteiger partial charge in [0.2, 0.25) is 0 Å². The SMILES string of the molecule is C/C(=C\CC[C@H]1O[C@]1(C)CCC[C@H](C)CCC[C@H](C)CCCC(C)C)CCC[C@H](C)CCC[C@H](C)CCCC(C)C. The monoisotopic (exact) mass is 575 g/mol. The molecule has 1 heteroatoms. The third kappa shape index (κ3) is 21.1. The molecular formula is C40H78O. The fraction of sp³-hybridized carbons (Fsp3) is 0.950. The molecule has 41 heavy (non-hydrogen) atoms. The van der Waals surface area contributed by atoms with Crippen LogP contribution in [0.3, 0.4) is 0 Å². The van der Waals surface area contributed by atoms with E-state index in [1.54, 1.807) is 5.57 Å². The summed E-state index contributed by atoms with van der Waals surface area (Å²) in [4.78, 5) is 0. The average Bonchev–Trinajstić information content (AvgIpc) is 3.52. The van der Waals surface area contributed by atoms with Crippen LogP contribution < -0.4 is 0 Å². The maximum absolute atomic E-state index is 6.20. The summed E-state index contributed by atoms with van der Waals surface area (Å²) >= 11 is 0. The summed E-state index contributed by atoms with van der Waals surface area (Å²) in [6.07, 6.45) is 30.5. The molecule has 0 radical (unpaired) electrons. The summed E-state index contributed by atoms with van der Waals surface area (Å²) in [6, 6.07) is 0. The predicted molar refractivity (Wildman–Crippen MR) is 186 cm³/mol. The Kier molecular flexibility index (Phi) is 21.0. The average molecular weight is 575 g/mol. The Hall–Kier alpha value is -0.300. The molecule has 1 fully saturated rings. The Morgan fingerprint density at radius 3 is 1.41 bits per heavy atom. The highest BCUT2D eigenvalue weighted by atomic mass is 16.6. The van der Waals surface area contributed by atoms with Gasteiger partial charge in [-0.2, -0.15) is 0 Å². The Bertz CT molecular complexity index is 647. The van der Waals surface area contributed by atoms with E-state index in [0.717, 1.165) is 35.5 Å². The zero-order valence-corrected chi connectivity index (χ0v) is 30.2. The summed E-state index contributed by atoms with van der Waals surface area (Å²) in [5, 5.41) is 0. The number of allylic oxidation sites excluding steroid dienone is 2. The highest BCUT2D eigenvalue weighted by molar-refractivity contribution is 5.03. The zero-order chi connectivity index (χ0) is 30.7. The van der Waals surface area contributed by atoms with E-state index in [0.29, 0.717) is 6.10 Å². The molecule has 0 aromatic carbocycles. The van der Waals surface area contributed by atoms with E-state index < -0.39 is 0 Å². The van der Waals surface area contributed by atoms with E-state index in [-0.39, 0.29) is 5.60 Å². The molecule has 0 aliphatic carbocycles. The van der Waals surface area contributed by atoms with Crippen molar-refractivity contribution in [2.24, 2.45) is 35.5 Å². The Labute approximate surface area is 260 Å². The third-order valence-corrected chi connectivity index (χ3v) is 10.3. The summed E-state index contributed by atoms with van der Waals surface area (Å²) < 4.78 is 6.20. The summed E-state index contributed by atoms with van der Waals surface area (Å²) in [6.45, 7) is 24.0. The van der Waals surface area contributed by atoms with Gasteiger partial charge in [0.25, 0.3) is 0 Å². The van der Waals surface area contributed by atoms with Gasteiger partial charge < -0.3 is 4.74 Å². The van der Waals surface area contributed by atoms with E-state index in [2.05, 4.69) is 75.3 Å². The van der Waals surface area contributed by atoms with Crippen LogP contribution in [0.2, 0.25) is 0 Å². The Balaban J connectivity index is 2.04. The molecule has 0 spiro atoms. The van der Waals surface area contributed by atoms with E-state index in [9.17, 15) is 0 Å². The molecule has 0 amide bonds. The van der Waals surface area contributed by atoms with Gasteiger partial charge >= 0.3 is 0 Å². The van der Waals surface area contributed by atoms with Gasteiger partial charge in [-0.25, -0.2) is 0 Å². The van der Waals surface area contributed by atoms with Crippen molar-refractivity contribution in [3.05, 3.63) is 11.6 Å². The van der Waals surface area contributed by atoms with Crippen molar-refractivity contribution in [3.63, 3.8) is 0 Å². The summed E-state index contributed by atoms with van der Waals surface area (Å²) in [7, 11) is 0. The van der Waals surface area contributed by atoms with Gasteiger partial charge in [0.1, 0.15) is 0 Å². The highest BCUT2D eigenvalue weighted by Crippen LogP contribution is 2.43. The topological polar surface area (TPSA) is 12.5 Å². The van der Waals surface area contributed by atoms with Crippen molar-refractivity contribution in [2.45, 2.75) is 209 Å². The fourth-order valence-electron chi connectivity index (χ4n) is 6.95. The van der Waals surface area contributed by atoms with E-state index in [4.69, 9.17) is 4.74 Å². The van der Waals surface area contributed by atoms with Crippen LogP contribution in [0.5, 0.6) is 0 Å². The number of epoxide rings is 1. The lowest BCUT2D eigenvalue weighted by Gasteiger charge is -2.15. The number of hydrogen-bond acceptors (Lipinski definition) is 1. The molecule has 0 aromatic heterocycles. The van der Waals surface area contributed by atoms with Gasteiger partial charge in [0.05, 0.1) is 11.7 Å². The van der Waals surface area contributed by atoms with Crippen molar-refractivity contribution in [2.75, 3.05) is 0 Å². The molecule has 0 unspecified atom stereocenters. The minimum absolute atomic E-state index is 0.174. The van der Waals surface area contributed by atoms with E-state index >= 15 is 0 Å². The van der Waals surface area contributed by atoms with E-state index in [1.165, 1.54) is 128 Å². The molecule has 0 aromatic rings. The lowest BCUT2D eigenvalue weighted by molar-refractivity contribution is 0.283. The third-order valence-electron chi connectivity index (χ3n) is 10.3. The highest BCUT2D eigenvalue weighted by Gasteiger charge is 2.50. The second-order valence-electron chi connectivity index (χ2n) is 16.3. The maximum atomic E-state index is 6.20. The van der Waals surface area contributed by atoms with Gasteiger partial charge in [-0.15, -0.1) is 0 Å². The van der Waals surface area contributed by atoms with Gasteiger partial charge in [-0.3, -0.25) is 0 Å². The second kappa shape index (κ2) is 22.2. The summed E-state index contributed by atoms with van der Waals surface area (Å²) in [5.41, 5.74) is 1.77. The van der Waals surface area contributed by atoms with Crippen molar-refractivity contribution >= 4 is 0 Å². The first-order valence-electron chi connectivity index (χ1n) is 18.7. The Morgan fingerprint density at radius 2 is 0.976 bits per heavy atom. The molecule has 0 N–H and O–H groups in total. The standard InChI is InChI=1S/C40H78O/c1-32(2)18-11-20-34(5)22-13-24-36(7)25-14-26-37(8)28-16-30-39-40(10,41-39)31-17-29-38(9)27-15-23-35(6)21-12-19-33(3)4/h28,32-36,38-39H,11-27,29-31H2,1-10H3/b37-28+/t34-,35-,36-,38-,39-,40-/m1/s1. The molecule has 1 nitrogen and oxygen atoms in total. The van der Waals surface area contributed by atoms with Gasteiger partial charge in [-0.05, 0) is 81.5 Å². The molecule has 6 atom stereocenters. The molecule has 244 valence electrons. The van der Waals surface area contributed by atoms with Crippen LogP contribution in [0.25, 0.3) is 0 Å². The minimum Gasteiger partial charge on any atom is -0.366 e. The van der Waals surface area contributed by atoms with Gasteiger partial charge in [0, 0.05) is 0 Å². The molecule has 1 rings (SSSR count). The molecule has 1 heterocycles. The quantitative estimate of drug-likeness (QED) is 0.0702. The first kappa shape index (κ1) is 38.7. The predicted octanol–water partition coefficient (Wildman–Crippen LogP) is 13.7. The number of ether oxygens (including phenoxy) is 1. The van der Waals surface area contributed by atoms with Crippen LogP contribution in [0.1, 0.15) is 198 Å². The lowest BCUT2D eigenvalue weighted by Crippen LogP contribution is -2.10. The van der Waals surface area contributed by atoms with Crippen molar-refractivity contribution in [1.82, 2.24) is 0 Å². The number of hydrogen-bond donors (Lipinski definition) is 0. The van der Waals surface area contributed by atoms with Crippen LogP contribution in [-0.4, -0.2) is 11.7 Å². The maximum Gasteiger partial charge on any atom is 0.0920 e. The van der Waals surface area contributed by atoms with Gasteiger partial charge in [-0.1, -0.05) is 163 Å². The van der Waals surface area contributed by atoms with Crippen molar-refractivity contribution < 1.29 is 4.74 Å². The van der Waals surface area contributed by atoms with Crippen LogP contribution in [0, 0.1) is 35.5 Å². The molecule has 1 aliphatic heterocycles. The lowest BCUT2D eigenvalue weighted by atomic mass is 9.90. The van der Waals surface area contributed by atoms with Crippen molar-refractivity contribution in [3.8, 4) is 0 Å². The minimum atomic E-state index is 0.174. The van der Waals surface area contributed by atoms with Crippen molar-refractivity contribution in [1.29, 1.82) is 0 Å². The van der Waals surface area contributed by atoms with E-state index in [1.807, 2.05) is 0 Å². The fourth-order valence-corrected chi connectivity index (χ4v) is 6.95. The largest absolute Gasteiger partial charge is 0.366 e.